The van der Waals surface area contributed by atoms with Crippen LogP contribution in [0.3, 0.4) is 0 Å². The minimum absolute atomic E-state index is 0.0180. The van der Waals surface area contributed by atoms with Gasteiger partial charge in [-0.05, 0) is 32.1 Å². The molecule has 2 heterocycles. The number of hydrogen-bond acceptors (Lipinski definition) is 5. The lowest BCUT2D eigenvalue weighted by Gasteiger charge is -2.33. The second kappa shape index (κ2) is 7.52. The SMILES string of the molecule is Cc1ccccc1C(C(=O)N1CCc2onc(C(=O)N(C)C)c2C1)N(C)C. The first kappa shape index (κ1) is 19.1. The summed E-state index contributed by atoms with van der Waals surface area (Å²) in [4.78, 5) is 30.9. The molecule has 1 unspecified atom stereocenters. The molecular weight excluding hydrogens is 344 g/mol. The molecule has 7 heteroatoms. The van der Waals surface area contributed by atoms with Gasteiger partial charge in [0, 0.05) is 32.6 Å². The van der Waals surface area contributed by atoms with Gasteiger partial charge in [0.15, 0.2) is 5.69 Å². The number of nitrogens with zero attached hydrogens (tertiary/aromatic N) is 4. The van der Waals surface area contributed by atoms with E-state index < -0.39 is 0 Å². The Bertz CT molecular complexity index is 857. The summed E-state index contributed by atoms with van der Waals surface area (Å²) in [6.45, 7) is 2.90. The molecule has 0 fully saturated rings. The number of rotatable bonds is 4. The van der Waals surface area contributed by atoms with Crippen molar-refractivity contribution < 1.29 is 14.1 Å². The standard InChI is InChI=1S/C20H26N4O3/c1-13-8-6-7-9-14(13)18(22(2)3)20(26)24-11-10-16-15(12-24)17(21-27-16)19(25)23(4)5/h6-9,18H,10-12H2,1-5H3. The van der Waals surface area contributed by atoms with E-state index in [0.29, 0.717) is 31.0 Å². The molecular formula is C20H26N4O3. The van der Waals surface area contributed by atoms with E-state index >= 15 is 0 Å². The van der Waals surface area contributed by atoms with Crippen molar-refractivity contribution in [3.05, 3.63) is 52.4 Å². The van der Waals surface area contributed by atoms with Crippen LogP contribution in [0.5, 0.6) is 0 Å². The van der Waals surface area contributed by atoms with Crippen molar-refractivity contribution in [2.75, 3.05) is 34.7 Å². The van der Waals surface area contributed by atoms with E-state index in [2.05, 4.69) is 5.16 Å². The number of carbonyl (C=O) groups excluding carboxylic acids is 2. The lowest BCUT2D eigenvalue weighted by atomic mass is 9.97. The normalized spacial score (nSPS) is 14.8. The van der Waals surface area contributed by atoms with E-state index in [1.807, 2.05) is 50.2 Å². The quantitative estimate of drug-likeness (QED) is 0.822. The zero-order valence-electron chi connectivity index (χ0n) is 16.5. The number of fused-ring (bicyclic) bond motifs is 1. The molecule has 1 atom stereocenters. The molecule has 1 aromatic carbocycles. The van der Waals surface area contributed by atoms with Crippen LogP contribution in [0.25, 0.3) is 0 Å². The number of carbonyl (C=O) groups is 2. The van der Waals surface area contributed by atoms with Gasteiger partial charge in [-0.15, -0.1) is 0 Å². The van der Waals surface area contributed by atoms with Gasteiger partial charge in [-0.2, -0.15) is 0 Å². The van der Waals surface area contributed by atoms with Crippen molar-refractivity contribution in [2.45, 2.75) is 25.9 Å². The Labute approximate surface area is 159 Å². The van der Waals surface area contributed by atoms with Crippen LogP contribution in [0.2, 0.25) is 0 Å². The Morgan fingerprint density at radius 1 is 1.19 bits per heavy atom. The summed E-state index contributed by atoms with van der Waals surface area (Å²) in [5.41, 5.74) is 3.09. The fourth-order valence-corrected chi connectivity index (χ4v) is 3.48. The van der Waals surface area contributed by atoms with Crippen molar-refractivity contribution in [1.82, 2.24) is 19.9 Å². The molecule has 0 saturated heterocycles. The first-order chi connectivity index (χ1) is 12.8. The molecule has 0 bridgehead atoms. The highest BCUT2D eigenvalue weighted by Crippen LogP contribution is 2.29. The zero-order chi connectivity index (χ0) is 19.7. The smallest absolute Gasteiger partial charge is 0.275 e. The average molecular weight is 370 g/mol. The monoisotopic (exact) mass is 370 g/mol. The third kappa shape index (κ3) is 3.60. The van der Waals surface area contributed by atoms with Gasteiger partial charge < -0.3 is 14.3 Å². The molecule has 0 radical (unpaired) electrons. The first-order valence-electron chi connectivity index (χ1n) is 9.01. The Kier molecular flexibility index (Phi) is 5.32. The molecule has 1 aromatic heterocycles. The molecule has 7 nitrogen and oxygen atoms in total. The van der Waals surface area contributed by atoms with E-state index in [4.69, 9.17) is 4.52 Å². The Balaban J connectivity index is 1.89. The number of aryl methyl sites for hydroxylation is 1. The fraction of sp³-hybridized carbons (Fsp3) is 0.450. The largest absolute Gasteiger partial charge is 0.360 e. The average Bonchev–Trinajstić information content (AvgIpc) is 3.05. The van der Waals surface area contributed by atoms with Crippen LogP contribution < -0.4 is 0 Å². The van der Waals surface area contributed by atoms with Gasteiger partial charge in [0.25, 0.3) is 5.91 Å². The molecule has 1 aliphatic heterocycles. The van der Waals surface area contributed by atoms with Gasteiger partial charge in [-0.25, -0.2) is 0 Å². The van der Waals surface area contributed by atoms with E-state index in [1.54, 1.807) is 19.0 Å². The first-order valence-corrected chi connectivity index (χ1v) is 9.01. The van der Waals surface area contributed by atoms with Crippen LogP contribution in [0.15, 0.2) is 28.8 Å². The molecule has 3 rings (SSSR count). The highest BCUT2D eigenvalue weighted by molar-refractivity contribution is 5.94. The number of benzene rings is 1. The minimum atomic E-state index is -0.374. The summed E-state index contributed by atoms with van der Waals surface area (Å²) in [6.07, 6.45) is 0.558. The van der Waals surface area contributed by atoms with Crippen LogP contribution in [0, 0.1) is 6.92 Å². The Hall–Kier alpha value is -2.67. The third-order valence-corrected chi connectivity index (χ3v) is 4.98. The van der Waals surface area contributed by atoms with Gasteiger partial charge in [-0.1, -0.05) is 29.4 Å². The van der Waals surface area contributed by atoms with E-state index in [-0.39, 0.29) is 17.9 Å². The summed E-state index contributed by atoms with van der Waals surface area (Å²) in [7, 11) is 7.17. The Morgan fingerprint density at radius 3 is 2.52 bits per heavy atom. The second-order valence-electron chi connectivity index (χ2n) is 7.37. The van der Waals surface area contributed by atoms with Crippen molar-refractivity contribution in [3.63, 3.8) is 0 Å². The van der Waals surface area contributed by atoms with Crippen LogP contribution in [-0.2, 0) is 17.8 Å². The molecule has 0 N–H and O–H groups in total. The summed E-state index contributed by atoms with van der Waals surface area (Å²) in [5.74, 6) is 0.503. The summed E-state index contributed by atoms with van der Waals surface area (Å²) in [5, 5.41) is 3.95. The van der Waals surface area contributed by atoms with Gasteiger partial charge in [0.1, 0.15) is 11.8 Å². The predicted octanol–water partition coefficient (Wildman–Crippen LogP) is 1.87. The number of amides is 2. The van der Waals surface area contributed by atoms with Crippen molar-refractivity contribution in [1.29, 1.82) is 0 Å². The zero-order valence-corrected chi connectivity index (χ0v) is 16.5. The Morgan fingerprint density at radius 2 is 1.89 bits per heavy atom. The van der Waals surface area contributed by atoms with Gasteiger partial charge in [0.2, 0.25) is 5.91 Å². The van der Waals surface area contributed by atoms with Gasteiger partial charge >= 0.3 is 0 Å². The van der Waals surface area contributed by atoms with Crippen LogP contribution >= 0.6 is 0 Å². The fourth-order valence-electron chi connectivity index (χ4n) is 3.48. The molecule has 2 aromatic rings. The molecule has 27 heavy (non-hydrogen) atoms. The number of hydrogen-bond donors (Lipinski definition) is 0. The maximum absolute atomic E-state index is 13.4. The minimum Gasteiger partial charge on any atom is -0.360 e. The molecule has 0 spiro atoms. The summed E-state index contributed by atoms with van der Waals surface area (Å²) < 4.78 is 5.35. The second-order valence-corrected chi connectivity index (χ2v) is 7.37. The molecule has 0 aliphatic carbocycles. The molecule has 144 valence electrons. The highest BCUT2D eigenvalue weighted by atomic mass is 16.5. The third-order valence-electron chi connectivity index (χ3n) is 4.98. The maximum Gasteiger partial charge on any atom is 0.275 e. The highest BCUT2D eigenvalue weighted by Gasteiger charge is 2.34. The molecule has 0 saturated carbocycles. The lowest BCUT2D eigenvalue weighted by Crippen LogP contribution is -2.43. The number of likely N-dealkylation sites (N-methyl/N-ethyl adjacent to an activating group) is 1. The van der Waals surface area contributed by atoms with Crippen molar-refractivity contribution in [2.24, 2.45) is 0 Å². The molecule has 1 aliphatic rings. The van der Waals surface area contributed by atoms with Crippen molar-refractivity contribution >= 4 is 11.8 Å². The van der Waals surface area contributed by atoms with E-state index in [1.165, 1.54) is 4.90 Å². The van der Waals surface area contributed by atoms with Gasteiger partial charge in [-0.3, -0.25) is 14.5 Å². The number of aromatic nitrogens is 1. The summed E-state index contributed by atoms with van der Waals surface area (Å²) >= 11 is 0. The van der Waals surface area contributed by atoms with Crippen molar-refractivity contribution in [3.8, 4) is 0 Å². The predicted molar refractivity (Wildman–Crippen MR) is 101 cm³/mol. The summed E-state index contributed by atoms with van der Waals surface area (Å²) in [6, 6.07) is 7.56. The van der Waals surface area contributed by atoms with Crippen LogP contribution in [0.1, 0.15) is 39.0 Å². The lowest BCUT2D eigenvalue weighted by molar-refractivity contribution is -0.137. The van der Waals surface area contributed by atoms with E-state index in [9.17, 15) is 9.59 Å². The van der Waals surface area contributed by atoms with Crippen LogP contribution in [0.4, 0.5) is 0 Å². The molecule has 2 amide bonds. The van der Waals surface area contributed by atoms with E-state index in [0.717, 1.165) is 16.7 Å². The topological polar surface area (TPSA) is 69.9 Å². The van der Waals surface area contributed by atoms with Gasteiger partial charge in [0.05, 0.1) is 6.54 Å². The van der Waals surface area contributed by atoms with Crippen LogP contribution in [-0.4, -0.2) is 66.4 Å². The maximum atomic E-state index is 13.4.